The molecule has 0 spiro atoms. The van der Waals surface area contributed by atoms with E-state index >= 15 is 0 Å². The maximum Gasteiger partial charge on any atom is 0.245 e. The summed E-state index contributed by atoms with van der Waals surface area (Å²) in [6.07, 6.45) is 9.15. The average Bonchev–Trinajstić information content (AvgIpc) is 2.89. The van der Waals surface area contributed by atoms with Crippen molar-refractivity contribution in [3.8, 4) is 0 Å². The van der Waals surface area contributed by atoms with Crippen LogP contribution in [0.5, 0.6) is 0 Å². The highest BCUT2D eigenvalue weighted by Crippen LogP contribution is 2.23. The van der Waals surface area contributed by atoms with Crippen LogP contribution in [-0.4, -0.2) is 47.3 Å². The van der Waals surface area contributed by atoms with Crippen molar-refractivity contribution in [2.24, 2.45) is 0 Å². The number of hydrogen-bond acceptors (Lipinski definition) is 2. The van der Waals surface area contributed by atoms with Gasteiger partial charge in [-0.2, -0.15) is 0 Å². The van der Waals surface area contributed by atoms with Crippen LogP contribution < -0.4 is 0 Å². The van der Waals surface area contributed by atoms with E-state index in [0.29, 0.717) is 6.54 Å². The molecule has 4 nitrogen and oxygen atoms in total. The highest BCUT2D eigenvalue weighted by Gasteiger charge is 2.41. The molecule has 19 heavy (non-hydrogen) atoms. The molecule has 0 bridgehead atoms. The van der Waals surface area contributed by atoms with E-state index in [-0.39, 0.29) is 17.9 Å². The Balaban J connectivity index is 1.71. The summed E-state index contributed by atoms with van der Waals surface area (Å²) >= 11 is 0. The van der Waals surface area contributed by atoms with E-state index < -0.39 is 0 Å². The zero-order valence-corrected chi connectivity index (χ0v) is 12.1. The molecule has 4 heteroatoms. The fourth-order valence-corrected chi connectivity index (χ4v) is 3.14. The Morgan fingerprint density at radius 2 is 1.84 bits per heavy atom. The molecule has 2 fully saturated rings. The summed E-state index contributed by atoms with van der Waals surface area (Å²) in [6, 6.07) is -0.138. The number of fused-ring (bicyclic) bond motifs is 1. The van der Waals surface area contributed by atoms with E-state index in [2.05, 4.69) is 6.92 Å². The monoisotopic (exact) mass is 266 g/mol. The van der Waals surface area contributed by atoms with Crippen LogP contribution in [0.1, 0.15) is 58.3 Å². The van der Waals surface area contributed by atoms with Gasteiger partial charge in [0.25, 0.3) is 0 Å². The average molecular weight is 266 g/mol. The third-order valence-electron chi connectivity index (χ3n) is 4.28. The van der Waals surface area contributed by atoms with Crippen LogP contribution in [0.25, 0.3) is 0 Å². The van der Waals surface area contributed by atoms with Crippen LogP contribution in [-0.2, 0) is 9.59 Å². The van der Waals surface area contributed by atoms with E-state index in [9.17, 15) is 9.59 Å². The van der Waals surface area contributed by atoms with E-state index in [4.69, 9.17) is 0 Å². The lowest BCUT2D eigenvalue weighted by atomic mass is 10.1. The van der Waals surface area contributed by atoms with Gasteiger partial charge in [-0.1, -0.05) is 39.0 Å². The van der Waals surface area contributed by atoms with Gasteiger partial charge in [-0.05, 0) is 19.3 Å². The first-order valence-electron chi connectivity index (χ1n) is 7.82. The minimum Gasteiger partial charge on any atom is -0.332 e. The zero-order chi connectivity index (χ0) is 13.7. The number of carbonyl (C=O) groups excluding carboxylic acids is 2. The minimum atomic E-state index is -0.138. The quantitative estimate of drug-likeness (QED) is 0.663. The molecule has 0 radical (unpaired) electrons. The lowest BCUT2D eigenvalue weighted by molar-refractivity contribution is -0.153. The van der Waals surface area contributed by atoms with Gasteiger partial charge in [0.15, 0.2) is 0 Å². The normalized spacial score (nSPS) is 23.1. The molecule has 0 aromatic heterocycles. The highest BCUT2D eigenvalue weighted by atomic mass is 16.2. The molecule has 0 N–H and O–H groups in total. The second kappa shape index (κ2) is 6.92. The van der Waals surface area contributed by atoms with Crippen molar-refractivity contribution in [3.63, 3.8) is 0 Å². The van der Waals surface area contributed by atoms with E-state index in [1.54, 1.807) is 9.80 Å². The summed E-state index contributed by atoms with van der Waals surface area (Å²) < 4.78 is 0. The molecular weight excluding hydrogens is 240 g/mol. The summed E-state index contributed by atoms with van der Waals surface area (Å²) in [4.78, 5) is 27.8. The van der Waals surface area contributed by atoms with Crippen LogP contribution in [0, 0.1) is 0 Å². The summed E-state index contributed by atoms with van der Waals surface area (Å²) in [5, 5.41) is 0. The molecule has 2 saturated heterocycles. The molecule has 1 atom stereocenters. The molecule has 2 aliphatic rings. The van der Waals surface area contributed by atoms with E-state index in [1.165, 1.54) is 32.1 Å². The Morgan fingerprint density at radius 1 is 1.11 bits per heavy atom. The molecule has 0 aromatic rings. The topological polar surface area (TPSA) is 40.6 Å². The van der Waals surface area contributed by atoms with Crippen LogP contribution in [0.4, 0.5) is 0 Å². The van der Waals surface area contributed by atoms with Gasteiger partial charge in [0.2, 0.25) is 11.8 Å². The minimum absolute atomic E-state index is 0.138. The lowest BCUT2D eigenvalue weighted by Gasteiger charge is -2.36. The van der Waals surface area contributed by atoms with Crippen LogP contribution >= 0.6 is 0 Å². The number of piperazine rings is 1. The van der Waals surface area contributed by atoms with E-state index in [0.717, 1.165) is 32.4 Å². The summed E-state index contributed by atoms with van der Waals surface area (Å²) in [5.74, 6) is 0.332. The fraction of sp³-hybridized carbons (Fsp3) is 0.867. The first-order chi connectivity index (χ1) is 9.24. The van der Waals surface area contributed by atoms with Crippen molar-refractivity contribution in [1.29, 1.82) is 0 Å². The SMILES string of the molecule is CCCCCCCCN1CC(=O)N2CCCC2C1=O. The number of nitrogens with zero attached hydrogens (tertiary/aromatic N) is 2. The van der Waals surface area contributed by atoms with Crippen molar-refractivity contribution < 1.29 is 9.59 Å². The highest BCUT2D eigenvalue weighted by molar-refractivity contribution is 5.95. The molecule has 108 valence electrons. The van der Waals surface area contributed by atoms with Gasteiger partial charge in [0, 0.05) is 13.1 Å². The fourth-order valence-electron chi connectivity index (χ4n) is 3.14. The summed E-state index contributed by atoms with van der Waals surface area (Å²) in [5.41, 5.74) is 0. The van der Waals surface area contributed by atoms with Crippen molar-refractivity contribution in [3.05, 3.63) is 0 Å². The zero-order valence-electron chi connectivity index (χ0n) is 12.1. The third kappa shape index (κ3) is 3.48. The van der Waals surface area contributed by atoms with Crippen LogP contribution in [0.2, 0.25) is 0 Å². The van der Waals surface area contributed by atoms with E-state index in [1.807, 2.05) is 0 Å². The lowest BCUT2D eigenvalue weighted by Crippen LogP contribution is -2.57. The first-order valence-corrected chi connectivity index (χ1v) is 7.82. The molecule has 0 aliphatic carbocycles. The summed E-state index contributed by atoms with van der Waals surface area (Å²) in [6.45, 7) is 4.07. The van der Waals surface area contributed by atoms with Crippen LogP contribution in [0.3, 0.4) is 0 Å². The molecule has 1 unspecified atom stereocenters. The predicted octanol–water partition coefficient (Wildman–Crippen LogP) is 2.18. The van der Waals surface area contributed by atoms with Crippen molar-refractivity contribution in [2.45, 2.75) is 64.3 Å². The van der Waals surface area contributed by atoms with Gasteiger partial charge in [0.05, 0.1) is 6.54 Å². The molecule has 0 saturated carbocycles. The maximum atomic E-state index is 12.3. The second-order valence-electron chi connectivity index (χ2n) is 5.77. The number of unbranched alkanes of at least 4 members (excludes halogenated alkanes) is 5. The Morgan fingerprint density at radius 3 is 2.63 bits per heavy atom. The number of rotatable bonds is 7. The van der Waals surface area contributed by atoms with Gasteiger partial charge < -0.3 is 9.80 Å². The van der Waals surface area contributed by atoms with Gasteiger partial charge in [0.1, 0.15) is 6.04 Å². The Bertz CT molecular complexity index is 330. The second-order valence-corrected chi connectivity index (χ2v) is 5.77. The Labute approximate surface area is 116 Å². The number of carbonyl (C=O) groups is 2. The molecular formula is C15H26N2O2. The van der Waals surface area contributed by atoms with Crippen molar-refractivity contribution in [1.82, 2.24) is 9.80 Å². The van der Waals surface area contributed by atoms with Gasteiger partial charge in [-0.3, -0.25) is 9.59 Å². The summed E-state index contributed by atoms with van der Waals surface area (Å²) in [7, 11) is 0. The standard InChI is InChI=1S/C15H26N2O2/c1-2-3-4-5-6-7-10-16-12-14(18)17-11-8-9-13(17)15(16)19/h13H,2-12H2,1H3. The van der Waals surface area contributed by atoms with Gasteiger partial charge >= 0.3 is 0 Å². The molecule has 2 heterocycles. The van der Waals surface area contributed by atoms with Crippen molar-refractivity contribution >= 4 is 11.8 Å². The molecule has 2 rings (SSSR count). The van der Waals surface area contributed by atoms with Gasteiger partial charge in [-0.25, -0.2) is 0 Å². The molecule has 2 amide bonds. The van der Waals surface area contributed by atoms with Crippen LogP contribution in [0.15, 0.2) is 0 Å². The molecule has 2 aliphatic heterocycles. The smallest absolute Gasteiger partial charge is 0.245 e. The largest absolute Gasteiger partial charge is 0.332 e. The van der Waals surface area contributed by atoms with Gasteiger partial charge in [-0.15, -0.1) is 0 Å². The Kier molecular flexibility index (Phi) is 5.23. The first kappa shape index (κ1) is 14.4. The third-order valence-corrected chi connectivity index (χ3v) is 4.28. The maximum absolute atomic E-state index is 12.3. The Hall–Kier alpha value is -1.06. The number of hydrogen-bond donors (Lipinski definition) is 0. The molecule has 0 aromatic carbocycles. The number of amides is 2. The predicted molar refractivity (Wildman–Crippen MR) is 74.7 cm³/mol. The van der Waals surface area contributed by atoms with Crippen molar-refractivity contribution in [2.75, 3.05) is 19.6 Å².